The molecule has 0 bridgehead atoms. The van der Waals surface area contributed by atoms with E-state index in [-0.39, 0.29) is 67.8 Å². The maximum Gasteiger partial charge on any atom is 0.341 e. The Hall–Kier alpha value is -3.84. The molecule has 0 spiro atoms. The number of hydrogen-bond acceptors (Lipinski definition) is 19. The summed E-state index contributed by atoms with van der Waals surface area (Å²) in [6, 6.07) is 3.94. The van der Waals surface area contributed by atoms with E-state index < -0.39 is 113 Å². The maximum absolute atomic E-state index is 14.6. The van der Waals surface area contributed by atoms with Gasteiger partial charge in [0.15, 0.2) is 18.7 Å². The van der Waals surface area contributed by atoms with Gasteiger partial charge in [-0.3, -0.25) is 14.4 Å². The molecule has 18 atom stereocenters. The lowest BCUT2D eigenvalue weighted by atomic mass is 9.77. The average molecular weight is 1080 g/mol. The molecule has 0 saturated carbocycles. The van der Waals surface area contributed by atoms with Crippen LogP contribution in [0.15, 0.2) is 29.2 Å². The number of aliphatic hydroxyl groups excluding tert-OH is 2. The zero-order valence-corrected chi connectivity index (χ0v) is 47.5. The molecule has 3 saturated heterocycles. The molecule has 3 fully saturated rings. The fourth-order valence-electron chi connectivity index (χ4n) is 11.6. The number of carbonyl (C=O) groups is 3. The summed E-state index contributed by atoms with van der Waals surface area (Å²) in [7, 11) is 7.06. The lowest BCUT2D eigenvalue weighted by molar-refractivity contribution is -0.318. The third kappa shape index (κ3) is 14.7. The Morgan fingerprint density at radius 1 is 0.947 bits per heavy atom. The second kappa shape index (κ2) is 26.4. The summed E-state index contributed by atoms with van der Waals surface area (Å²) in [6.07, 6.45) is -7.82. The summed E-state index contributed by atoms with van der Waals surface area (Å²) in [6.45, 7) is 21.0. The Labute approximate surface area is 448 Å². The highest BCUT2D eigenvalue weighted by molar-refractivity contribution is 5.92. The van der Waals surface area contributed by atoms with Crippen molar-refractivity contribution in [3.8, 4) is 5.75 Å². The predicted octanol–water partition coefficient (Wildman–Crippen LogP) is 3.54. The van der Waals surface area contributed by atoms with Crippen LogP contribution in [0, 0.1) is 17.8 Å². The van der Waals surface area contributed by atoms with Gasteiger partial charge in [-0.15, -0.1) is 0 Å². The molecule has 3 aliphatic heterocycles. The van der Waals surface area contributed by atoms with Crippen molar-refractivity contribution >= 4 is 28.8 Å². The van der Waals surface area contributed by atoms with Crippen molar-refractivity contribution in [2.45, 2.75) is 205 Å². The molecule has 2 aromatic rings. The van der Waals surface area contributed by atoms with Crippen LogP contribution in [0.25, 0.3) is 10.9 Å². The van der Waals surface area contributed by atoms with E-state index in [1.54, 1.807) is 71.2 Å². The number of esters is 2. The van der Waals surface area contributed by atoms with E-state index in [0.29, 0.717) is 37.3 Å². The number of carboxylic acid groups (broad SMARTS) is 1. The number of cyclic esters (lactones) is 1. The van der Waals surface area contributed by atoms with Crippen LogP contribution >= 0.6 is 0 Å². The number of pyridine rings is 1. The first kappa shape index (κ1) is 63.0. The monoisotopic (exact) mass is 1080 g/mol. The number of benzene rings is 1. The number of aromatic carboxylic acids is 1. The zero-order chi connectivity index (χ0) is 56.8. The van der Waals surface area contributed by atoms with Crippen LogP contribution in [-0.2, 0) is 49.3 Å². The van der Waals surface area contributed by atoms with Gasteiger partial charge in [-0.2, -0.15) is 0 Å². The van der Waals surface area contributed by atoms with E-state index in [0.717, 1.165) is 0 Å². The minimum atomic E-state index is -1.87. The van der Waals surface area contributed by atoms with E-state index in [9.17, 15) is 44.7 Å². The molecule has 0 radical (unpaired) electrons. The van der Waals surface area contributed by atoms with E-state index >= 15 is 0 Å². The molecule has 1 aromatic carbocycles. The highest BCUT2D eigenvalue weighted by Crippen LogP contribution is 2.41. The molecule has 0 aliphatic carbocycles. The summed E-state index contributed by atoms with van der Waals surface area (Å²) < 4.78 is 52.4. The molecule has 0 amide bonds. The van der Waals surface area contributed by atoms with Gasteiger partial charge in [-0.05, 0) is 114 Å². The van der Waals surface area contributed by atoms with Gasteiger partial charge in [0.05, 0.1) is 47.9 Å². The molecule has 6 N–H and O–H groups in total. The average Bonchev–Trinajstić information content (AvgIpc) is 3.35. The van der Waals surface area contributed by atoms with Crippen LogP contribution in [0.4, 0.5) is 0 Å². The number of nitrogens with zero attached hydrogens (tertiary/aromatic N) is 3. The first-order valence-corrected chi connectivity index (χ1v) is 27.0. The first-order chi connectivity index (χ1) is 35.5. The Morgan fingerprint density at radius 3 is 2.25 bits per heavy atom. The van der Waals surface area contributed by atoms with Gasteiger partial charge in [-0.1, -0.05) is 20.8 Å². The SMILES string of the molecule is CC[C@@H]1OC(=O)[C@H](C)[C@H](O[C@@H]2C[C@](C)(OC)[C@H](OC(=O)CCNCCOc3ccc4c(=O)c(C(=O)O)cn(CC)c4c3)[C@H](C)O2)[C@@H](C)[C@H](O[C@@H]2O[C@H](C)C[C@H](N(C)C)[C@@H]2O)[C@](C)(O)C[C@H](C)CN(C)[C@H](C)[C@@H](O)[C@]1(C)O. The highest BCUT2D eigenvalue weighted by atomic mass is 16.7. The Kier molecular flexibility index (Phi) is 21.9. The van der Waals surface area contributed by atoms with Gasteiger partial charge < -0.3 is 83.1 Å². The van der Waals surface area contributed by atoms with Crippen LogP contribution in [0.2, 0.25) is 0 Å². The van der Waals surface area contributed by atoms with Crippen molar-refractivity contribution in [2.75, 3.05) is 54.5 Å². The van der Waals surface area contributed by atoms with Crippen molar-refractivity contribution in [1.29, 1.82) is 0 Å². The highest BCUT2D eigenvalue weighted by Gasteiger charge is 2.54. The molecule has 3 aliphatic rings. The van der Waals surface area contributed by atoms with Crippen LogP contribution in [-0.4, -0.2) is 203 Å². The molecule has 1 aromatic heterocycles. The third-order valence-corrected chi connectivity index (χ3v) is 16.1. The second-order valence-corrected chi connectivity index (χ2v) is 22.6. The zero-order valence-electron chi connectivity index (χ0n) is 47.5. The molecule has 76 heavy (non-hydrogen) atoms. The fourth-order valence-corrected chi connectivity index (χ4v) is 11.6. The van der Waals surface area contributed by atoms with Crippen molar-refractivity contribution in [3.63, 3.8) is 0 Å². The van der Waals surface area contributed by atoms with Gasteiger partial charge in [0.1, 0.15) is 47.4 Å². The van der Waals surface area contributed by atoms with E-state index in [1.807, 2.05) is 51.7 Å². The topological polar surface area (TPSA) is 267 Å². The molecule has 21 nitrogen and oxygen atoms in total. The first-order valence-electron chi connectivity index (χ1n) is 27.0. The number of hydrogen-bond donors (Lipinski definition) is 6. The quantitative estimate of drug-likeness (QED) is 0.0977. The lowest BCUT2D eigenvalue weighted by Crippen LogP contribution is -2.61. The Balaban J connectivity index is 1.34. The van der Waals surface area contributed by atoms with Crippen molar-refractivity contribution in [3.05, 3.63) is 40.2 Å². The number of ether oxygens (including phenoxy) is 8. The molecule has 5 rings (SSSR count). The van der Waals surface area contributed by atoms with Gasteiger partial charge in [0, 0.05) is 75.4 Å². The largest absolute Gasteiger partial charge is 0.492 e. The summed E-state index contributed by atoms with van der Waals surface area (Å²) >= 11 is 0. The molecular formula is C55H90N4O17. The Bertz CT molecular complexity index is 2310. The number of fused-ring (bicyclic) bond motifs is 1. The van der Waals surface area contributed by atoms with E-state index in [4.69, 9.17) is 37.9 Å². The van der Waals surface area contributed by atoms with Gasteiger partial charge in [0.25, 0.3) is 0 Å². The van der Waals surface area contributed by atoms with Crippen LogP contribution in [0.1, 0.15) is 119 Å². The number of methoxy groups -OCH3 is 1. The second-order valence-electron chi connectivity index (χ2n) is 22.6. The molecule has 21 heteroatoms. The normalized spacial score (nSPS) is 37.5. The lowest BCUT2D eigenvalue weighted by Gasteiger charge is -2.49. The summed E-state index contributed by atoms with van der Waals surface area (Å²) in [4.78, 5) is 56.2. The number of nitrogens with one attached hydrogen (secondary N) is 1. The van der Waals surface area contributed by atoms with Gasteiger partial charge >= 0.3 is 17.9 Å². The maximum atomic E-state index is 14.6. The minimum absolute atomic E-state index is 0.00189. The molecule has 4 heterocycles. The number of rotatable bonds is 17. The summed E-state index contributed by atoms with van der Waals surface area (Å²) in [5.74, 6) is -4.21. The van der Waals surface area contributed by atoms with Crippen LogP contribution < -0.4 is 15.5 Å². The van der Waals surface area contributed by atoms with Gasteiger partial charge in [-0.25, -0.2) is 4.79 Å². The summed E-state index contributed by atoms with van der Waals surface area (Å²) in [5, 5.41) is 61.0. The van der Waals surface area contributed by atoms with Crippen LogP contribution in [0.5, 0.6) is 5.75 Å². The number of aromatic nitrogens is 1. The van der Waals surface area contributed by atoms with Crippen molar-refractivity contribution in [1.82, 2.24) is 19.7 Å². The number of carbonyl (C=O) groups excluding carboxylic acids is 2. The fraction of sp³-hybridized carbons (Fsp3) is 0.782. The number of aryl methyl sites for hydroxylation is 1. The molecular weight excluding hydrogens is 989 g/mol. The van der Waals surface area contributed by atoms with Gasteiger partial charge in [0.2, 0.25) is 5.43 Å². The van der Waals surface area contributed by atoms with E-state index in [1.165, 1.54) is 20.2 Å². The smallest absolute Gasteiger partial charge is 0.341 e. The minimum Gasteiger partial charge on any atom is -0.492 e. The standard InChI is InChI=1S/C55H90N4O17/c1-16-41-55(11,68)47(63)34(7)58(14)28-30(3)26-53(9,67)48(76-52-45(62)40(57(12)13)24-31(4)71-52)32(5)46(33(6)51(66)73-41)75-43-27-54(10,69-15)49(35(8)72-43)74-42(60)20-21-56-22-23-70-36-18-19-37-39(25-36)59(17-2)29-38(44(37)61)50(64)65/h18-19,25,29-35,40-41,43,45-49,52,56,62-63,67-68H,16-17,20-24,26-28H2,1-15H3,(H,64,65)/t30-,31+,32+,33+,34+,35-,40-,41-,43+,45-,46+,47+,48-,49+,52-,53+,54-,55+/m0/s1. The predicted molar refractivity (Wildman–Crippen MR) is 282 cm³/mol. The van der Waals surface area contributed by atoms with E-state index in [2.05, 4.69) is 5.32 Å². The summed E-state index contributed by atoms with van der Waals surface area (Å²) in [5.41, 5.74) is -4.99. The van der Waals surface area contributed by atoms with Crippen molar-refractivity contribution in [2.24, 2.45) is 17.8 Å². The van der Waals surface area contributed by atoms with Crippen LogP contribution in [0.3, 0.4) is 0 Å². The molecule has 0 unspecified atom stereocenters. The third-order valence-electron chi connectivity index (χ3n) is 16.1. The number of likely N-dealkylation sites (N-methyl/N-ethyl adjacent to an activating group) is 2. The van der Waals surface area contributed by atoms with Crippen molar-refractivity contribution < 1.29 is 77.8 Å². The Morgan fingerprint density at radius 2 is 1.63 bits per heavy atom. The number of aliphatic hydroxyl groups is 4. The molecule has 432 valence electrons. The number of carboxylic acids is 1.